The Morgan fingerprint density at radius 3 is 2.31 bits per heavy atom. The third-order valence-electron chi connectivity index (χ3n) is 5.17. The van der Waals surface area contributed by atoms with Crippen LogP contribution in [-0.2, 0) is 0 Å². The van der Waals surface area contributed by atoms with Crippen LogP contribution in [0.1, 0.15) is 25.6 Å². The smallest absolute Gasteiger partial charge is 0.260 e. The van der Waals surface area contributed by atoms with E-state index in [0.717, 1.165) is 11.3 Å². The maximum absolute atomic E-state index is 13.3. The fourth-order valence-electron chi connectivity index (χ4n) is 3.40. The number of amides is 1. The van der Waals surface area contributed by atoms with Gasteiger partial charge in [0, 0.05) is 22.3 Å². The summed E-state index contributed by atoms with van der Waals surface area (Å²) in [6, 6.07) is 20.7. The first-order valence-corrected chi connectivity index (χ1v) is 11.7. The molecule has 0 aliphatic carbocycles. The molecule has 1 aromatic heterocycles. The monoisotopic (exact) mass is 507 g/mol. The van der Waals surface area contributed by atoms with Crippen LogP contribution in [0.25, 0.3) is 0 Å². The number of halogens is 1. The van der Waals surface area contributed by atoms with Crippen LogP contribution >= 0.6 is 22.9 Å². The molecule has 35 heavy (non-hydrogen) atoms. The van der Waals surface area contributed by atoms with Crippen molar-refractivity contribution in [1.29, 1.82) is 0 Å². The van der Waals surface area contributed by atoms with E-state index in [0.29, 0.717) is 38.5 Å². The summed E-state index contributed by atoms with van der Waals surface area (Å²) >= 11 is 7.05. The third kappa shape index (κ3) is 5.24. The summed E-state index contributed by atoms with van der Waals surface area (Å²) in [4.78, 5) is 26.8. The minimum Gasteiger partial charge on any atom is -0.497 e. The number of ketones is 1. The Morgan fingerprint density at radius 1 is 0.943 bits per heavy atom. The third-order valence-corrected chi connectivity index (χ3v) is 6.55. The first-order chi connectivity index (χ1) is 16.9. The number of methoxy groups -OCH3 is 2. The number of ether oxygens (including phenoxy) is 2. The SMILES string of the molecule is COc1ccc(Nc2sc(C(=O)c3ccccc3)c(N)c2C(=O)Nc2ccc(Cl)cc2)c(OC)c1. The molecule has 0 aliphatic rings. The molecule has 4 N–H and O–H groups in total. The van der Waals surface area contributed by atoms with Gasteiger partial charge in [-0.15, -0.1) is 11.3 Å². The molecule has 7 nitrogen and oxygen atoms in total. The van der Waals surface area contributed by atoms with E-state index in [9.17, 15) is 9.59 Å². The Kier molecular flexibility index (Phi) is 7.24. The van der Waals surface area contributed by atoms with Crippen LogP contribution in [0.15, 0.2) is 72.8 Å². The molecule has 1 amide bonds. The van der Waals surface area contributed by atoms with Crippen LogP contribution in [0.5, 0.6) is 11.5 Å². The quantitative estimate of drug-likeness (QED) is 0.244. The van der Waals surface area contributed by atoms with Gasteiger partial charge >= 0.3 is 0 Å². The standard InChI is InChI=1S/C26H22ClN3O4S/c1-33-18-12-13-19(20(14-18)34-2)30-26-21(25(32)29-17-10-8-16(27)9-11-17)22(28)24(35-26)23(31)15-6-4-3-5-7-15/h3-14,30H,28H2,1-2H3,(H,29,32). The van der Waals surface area contributed by atoms with Crippen molar-refractivity contribution in [3.8, 4) is 11.5 Å². The van der Waals surface area contributed by atoms with Crippen LogP contribution < -0.4 is 25.8 Å². The number of benzene rings is 3. The predicted molar refractivity (Wildman–Crippen MR) is 141 cm³/mol. The number of hydrogen-bond acceptors (Lipinski definition) is 7. The van der Waals surface area contributed by atoms with Crippen LogP contribution in [0.2, 0.25) is 5.02 Å². The summed E-state index contributed by atoms with van der Waals surface area (Å²) in [7, 11) is 3.09. The van der Waals surface area contributed by atoms with Crippen molar-refractivity contribution in [1.82, 2.24) is 0 Å². The van der Waals surface area contributed by atoms with Crippen molar-refractivity contribution in [2.75, 3.05) is 30.6 Å². The first kappa shape index (κ1) is 24.1. The minimum atomic E-state index is -0.469. The average molecular weight is 508 g/mol. The maximum atomic E-state index is 13.3. The van der Waals surface area contributed by atoms with E-state index in [1.54, 1.807) is 73.8 Å². The Labute approximate surface area is 211 Å². The van der Waals surface area contributed by atoms with Crippen LogP contribution in [0.4, 0.5) is 22.1 Å². The number of thiophene rings is 1. The van der Waals surface area contributed by atoms with E-state index in [1.165, 1.54) is 7.11 Å². The van der Waals surface area contributed by atoms with Crippen molar-refractivity contribution in [2.45, 2.75) is 0 Å². The summed E-state index contributed by atoms with van der Waals surface area (Å²) in [5.74, 6) is 0.363. The predicted octanol–water partition coefficient (Wildman–Crippen LogP) is 6.23. The molecule has 3 aromatic carbocycles. The Hall–Kier alpha value is -4.01. The van der Waals surface area contributed by atoms with E-state index in [-0.39, 0.29) is 21.9 Å². The molecular weight excluding hydrogens is 486 g/mol. The van der Waals surface area contributed by atoms with Gasteiger partial charge in [-0.25, -0.2) is 0 Å². The van der Waals surface area contributed by atoms with Gasteiger partial charge in [0.1, 0.15) is 21.4 Å². The molecule has 4 rings (SSSR count). The Morgan fingerprint density at radius 2 is 1.66 bits per heavy atom. The number of nitrogens with two attached hydrogens (primary N) is 1. The summed E-state index contributed by atoms with van der Waals surface area (Å²) in [5.41, 5.74) is 8.23. The lowest BCUT2D eigenvalue weighted by atomic mass is 10.1. The minimum absolute atomic E-state index is 0.0882. The molecule has 0 spiro atoms. The second-order valence-corrected chi connectivity index (χ2v) is 8.85. The van der Waals surface area contributed by atoms with Crippen molar-refractivity contribution in [3.63, 3.8) is 0 Å². The fraction of sp³-hybridized carbons (Fsp3) is 0.0769. The van der Waals surface area contributed by atoms with E-state index in [2.05, 4.69) is 10.6 Å². The summed E-state index contributed by atoms with van der Waals surface area (Å²) in [6.07, 6.45) is 0. The largest absolute Gasteiger partial charge is 0.497 e. The number of nitrogens with one attached hydrogen (secondary N) is 2. The van der Waals surface area contributed by atoms with Gasteiger partial charge in [-0.05, 0) is 36.4 Å². The molecule has 0 saturated carbocycles. The molecule has 0 atom stereocenters. The van der Waals surface area contributed by atoms with Crippen molar-refractivity contribution >= 4 is 56.7 Å². The normalized spacial score (nSPS) is 10.5. The summed E-state index contributed by atoms with van der Waals surface area (Å²) in [6.45, 7) is 0. The molecular formula is C26H22ClN3O4S. The number of nitrogen functional groups attached to an aromatic ring is 1. The van der Waals surface area contributed by atoms with Gasteiger partial charge in [0.2, 0.25) is 5.78 Å². The lowest BCUT2D eigenvalue weighted by molar-refractivity contribution is 0.102. The topological polar surface area (TPSA) is 103 Å². The zero-order chi connectivity index (χ0) is 24.9. The highest BCUT2D eigenvalue weighted by Crippen LogP contribution is 2.41. The number of carbonyl (C=O) groups is 2. The van der Waals surface area contributed by atoms with Gasteiger partial charge < -0.3 is 25.8 Å². The van der Waals surface area contributed by atoms with Gasteiger partial charge in [0.05, 0.1) is 31.2 Å². The van der Waals surface area contributed by atoms with Gasteiger partial charge in [-0.2, -0.15) is 0 Å². The molecule has 178 valence electrons. The summed E-state index contributed by atoms with van der Waals surface area (Å²) in [5, 5.41) is 6.97. The van der Waals surface area contributed by atoms with Gasteiger partial charge in [-0.3, -0.25) is 9.59 Å². The highest BCUT2D eigenvalue weighted by atomic mass is 35.5. The average Bonchev–Trinajstić information content (AvgIpc) is 3.21. The van der Waals surface area contributed by atoms with Gasteiger partial charge in [-0.1, -0.05) is 41.9 Å². The van der Waals surface area contributed by atoms with Crippen LogP contribution in [-0.4, -0.2) is 25.9 Å². The highest BCUT2D eigenvalue weighted by Gasteiger charge is 2.27. The molecule has 0 saturated heterocycles. The number of hydrogen-bond donors (Lipinski definition) is 3. The van der Waals surface area contributed by atoms with Gasteiger partial charge in [0.15, 0.2) is 0 Å². The molecule has 0 fully saturated rings. The Bertz CT molecular complexity index is 1370. The second-order valence-electron chi connectivity index (χ2n) is 7.40. The molecule has 0 bridgehead atoms. The highest BCUT2D eigenvalue weighted by molar-refractivity contribution is 7.19. The zero-order valence-corrected chi connectivity index (χ0v) is 20.5. The van der Waals surface area contributed by atoms with E-state index < -0.39 is 5.91 Å². The second kappa shape index (κ2) is 10.5. The van der Waals surface area contributed by atoms with E-state index >= 15 is 0 Å². The van der Waals surface area contributed by atoms with E-state index in [4.69, 9.17) is 26.8 Å². The van der Waals surface area contributed by atoms with Crippen LogP contribution in [0.3, 0.4) is 0 Å². The first-order valence-electron chi connectivity index (χ1n) is 10.5. The zero-order valence-electron chi connectivity index (χ0n) is 18.9. The lowest BCUT2D eigenvalue weighted by Gasteiger charge is -2.13. The molecule has 0 unspecified atom stereocenters. The molecule has 0 aliphatic heterocycles. The number of anilines is 4. The van der Waals surface area contributed by atoms with Crippen molar-refractivity contribution in [3.05, 3.63) is 93.8 Å². The fourth-order valence-corrected chi connectivity index (χ4v) is 4.62. The maximum Gasteiger partial charge on any atom is 0.260 e. The van der Waals surface area contributed by atoms with Crippen molar-refractivity contribution < 1.29 is 19.1 Å². The molecule has 9 heteroatoms. The molecule has 1 heterocycles. The summed E-state index contributed by atoms with van der Waals surface area (Å²) < 4.78 is 10.7. The number of rotatable bonds is 8. The Balaban J connectivity index is 1.77. The van der Waals surface area contributed by atoms with E-state index in [1.807, 2.05) is 6.07 Å². The molecule has 0 radical (unpaired) electrons. The lowest BCUT2D eigenvalue weighted by Crippen LogP contribution is -2.15. The molecule has 4 aromatic rings. The van der Waals surface area contributed by atoms with Crippen LogP contribution in [0, 0.1) is 0 Å². The number of carbonyl (C=O) groups excluding carboxylic acids is 2. The van der Waals surface area contributed by atoms with Gasteiger partial charge in [0.25, 0.3) is 5.91 Å². The van der Waals surface area contributed by atoms with Crippen molar-refractivity contribution in [2.24, 2.45) is 0 Å².